The van der Waals surface area contributed by atoms with Gasteiger partial charge in [-0.05, 0) is 22.9 Å². The van der Waals surface area contributed by atoms with Crippen LogP contribution >= 0.6 is 27.3 Å². The van der Waals surface area contributed by atoms with Gasteiger partial charge in [-0.25, -0.2) is 4.98 Å². The van der Waals surface area contributed by atoms with Crippen molar-refractivity contribution in [2.75, 3.05) is 13.2 Å². The smallest absolute Gasteiger partial charge is 0.102 e. The molecule has 0 aromatic carbocycles. The van der Waals surface area contributed by atoms with Crippen molar-refractivity contribution in [1.29, 1.82) is 0 Å². The fourth-order valence-corrected chi connectivity index (χ4v) is 2.40. The molecule has 1 aliphatic rings. The van der Waals surface area contributed by atoms with E-state index in [0.717, 1.165) is 22.7 Å². The van der Waals surface area contributed by atoms with E-state index in [1.807, 2.05) is 6.92 Å². The molecule has 2 rings (SSSR count). The molecular weight excluding hydrogens is 226 g/mol. The van der Waals surface area contributed by atoms with Crippen LogP contribution in [0.2, 0.25) is 0 Å². The Bertz CT molecular complexity index is 250. The predicted molar refractivity (Wildman–Crippen MR) is 48.1 cm³/mol. The third kappa shape index (κ3) is 1.35. The molecule has 0 N–H and O–H groups in total. The summed E-state index contributed by atoms with van der Waals surface area (Å²) in [5, 5.41) is 1.21. The molecule has 2 nitrogen and oxygen atoms in total. The Kier molecular flexibility index (Phi) is 1.99. The van der Waals surface area contributed by atoms with Crippen LogP contribution in [0, 0.1) is 6.92 Å². The van der Waals surface area contributed by atoms with Gasteiger partial charge in [0.15, 0.2) is 0 Å². The molecule has 1 aromatic rings. The molecule has 1 aliphatic heterocycles. The normalized spacial score (nSPS) is 18.4. The minimum Gasteiger partial charge on any atom is -0.380 e. The number of thiazole rings is 1. The number of aryl methyl sites for hydroxylation is 1. The number of hydrogen-bond acceptors (Lipinski definition) is 3. The molecule has 11 heavy (non-hydrogen) atoms. The largest absolute Gasteiger partial charge is 0.380 e. The van der Waals surface area contributed by atoms with E-state index >= 15 is 0 Å². The molecule has 1 saturated heterocycles. The number of rotatable bonds is 1. The summed E-state index contributed by atoms with van der Waals surface area (Å²) in [5.41, 5.74) is 1.09. The number of hydrogen-bond donors (Lipinski definition) is 0. The van der Waals surface area contributed by atoms with Crippen LogP contribution in [0.25, 0.3) is 0 Å². The average Bonchev–Trinajstić information content (AvgIpc) is 2.08. The molecule has 0 spiro atoms. The van der Waals surface area contributed by atoms with E-state index in [0.29, 0.717) is 5.92 Å². The molecule has 0 atom stereocenters. The Morgan fingerprint density at radius 2 is 2.36 bits per heavy atom. The Hall–Kier alpha value is 0.0700. The van der Waals surface area contributed by atoms with Crippen LogP contribution in [0.5, 0.6) is 0 Å². The fraction of sp³-hybridized carbons (Fsp3) is 0.571. The first kappa shape index (κ1) is 7.71. The Morgan fingerprint density at radius 1 is 1.64 bits per heavy atom. The molecule has 0 amide bonds. The number of nitrogens with zero attached hydrogens (tertiary/aromatic N) is 1. The zero-order valence-corrected chi connectivity index (χ0v) is 8.54. The second-order valence-electron chi connectivity index (χ2n) is 2.65. The molecule has 0 saturated carbocycles. The van der Waals surface area contributed by atoms with Gasteiger partial charge in [-0.1, -0.05) is 0 Å². The zero-order chi connectivity index (χ0) is 7.84. The molecule has 60 valence electrons. The summed E-state index contributed by atoms with van der Waals surface area (Å²) in [7, 11) is 0. The summed E-state index contributed by atoms with van der Waals surface area (Å²) in [6.45, 7) is 3.71. The Labute approximate surface area is 77.7 Å². The van der Waals surface area contributed by atoms with Gasteiger partial charge < -0.3 is 4.74 Å². The fourth-order valence-electron chi connectivity index (χ4n) is 0.951. The molecule has 2 heterocycles. The second-order valence-corrected chi connectivity index (χ2v) is 4.99. The number of ether oxygens (including phenoxy) is 1. The molecule has 4 heteroatoms. The van der Waals surface area contributed by atoms with Crippen molar-refractivity contribution in [3.63, 3.8) is 0 Å². The van der Waals surface area contributed by atoms with Crippen molar-refractivity contribution >= 4 is 27.3 Å². The average molecular weight is 234 g/mol. The van der Waals surface area contributed by atoms with E-state index < -0.39 is 0 Å². The molecule has 0 radical (unpaired) electrons. The van der Waals surface area contributed by atoms with E-state index in [2.05, 4.69) is 20.9 Å². The van der Waals surface area contributed by atoms with Crippen molar-refractivity contribution in [2.24, 2.45) is 0 Å². The van der Waals surface area contributed by atoms with Crippen molar-refractivity contribution in [3.8, 4) is 0 Å². The monoisotopic (exact) mass is 233 g/mol. The first-order chi connectivity index (χ1) is 5.27. The molecule has 0 bridgehead atoms. The molecule has 1 fully saturated rings. The first-order valence-electron chi connectivity index (χ1n) is 3.48. The van der Waals surface area contributed by atoms with E-state index in [1.54, 1.807) is 11.3 Å². The van der Waals surface area contributed by atoms with Gasteiger partial charge in [0.2, 0.25) is 0 Å². The summed E-state index contributed by atoms with van der Waals surface area (Å²) in [5.74, 6) is 0.560. The molecule has 0 aliphatic carbocycles. The maximum Gasteiger partial charge on any atom is 0.102 e. The summed E-state index contributed by atoms with van der Waals surface area (Å²) >= 11 is 5.18. The maximum absolute atomic E-state index is 5.09. The van der Waals surface area contributed by atoms with E-state index in [1.165, 1.54) is 5.01 Å². The molecule has 0 unspecified atom stereocenters. The van der Waals surface area contributed by atoms with Gasteiger partial charge in [-0.15, -0.1) is 11.3 Å². The van der Waals surface area contributed by atoms with E-state index in [-0.39, 0.29) is 0 Å². The van der Waals surface area contributed by atoms with Gasteiger partial charge in [0.1, 0.15) is 5.01 Å². The lowest BCUT2D eigenvalue weighted by Crippen LogP contribution is -2.24. The van der Waals surface area contributed by atoms with Crippen LogP contribution < -0.4 is 0 Å². The second kappa shape index (κ2) is 2.84. The highest BCUT2D eigenvalue weighted by atomic mass is 79.9. The van der Waals surface area contributed by atoms with Gasteiger partial charge in [-0.2, -0.15) is 0 Å². The molecular formula is C7H8BrNOS. The van der Waals surface area contributed by atoms with Gasteiger partial charge >= 0.3 is 0 Å². The summed E-state index contributed by atoms with van der Waals surface area (Å²) < 4.78 is 6.24. The SMILES string of the molecule is Cc1nc(C2COC2)sc1Br. The van der Waals surface area contributed by atoms with Crippen LogP contribution in [0.15, 0.2) is 3.79 Å². The van der Waals surface area contributed by atoms with Crippen molar-refractivity contribution in [2.45, 2.75) is 12.8 Å². The standard InChI is InChI=1S/C7H8BrNOS/c1-4-6(8)11-7(9-4)5-2-10-3-5/h5H,2-3H2,1H3. The highest BCUT2D eigenvalue weighted by Gasteiger charge is 2.24. The van der Waals surface area contributed by atoms with Crippen molar-refractivity contribution in [3.05, 3.63) is 14.5 Å². The highest BCUT2D eigenvalue weighted by molar-refractivity contribution is 9.11. The predicted octanol–water partition coefficient (Wildman–Crippen LogP) is 2.33. The van der Waals surface area contributed by atoms with Crippen molar-refractivity contribution < 1.29 is 4.74 Å². The van der Waals surface area contributed by atoms with Crippen LogP contribution in [0.4, 0.5) is 0 Å². The summed E-state index contributed by atoms with van der Waals surface area (Å²) in [6.07, 6.45) is 0. The summed E-state index contributed by atoms with van der Waals surface area (Å²) in [6, 6.07) is 0. The third-order valence-electron chi connectivity index (χ3n) is 1.74. The number of halogens is 1. The van der Waals surface area contributed by atoms with Crippen LogP contribution in [0.1, 0.15) is 16.6 Å². The third-order valence-corrected chi connectivity index (χ3v) is 3.91. The van der Waals surface area contributed by atoms with Gasteiger partial charge in [0, 0.05) is 0 Å². The molecule has 1 aromatic heterocycles. The quantitative estimate of drug-likeness (QED) is 0.743. The van der Waals surface area contributed by atoms with Gasteiger partial charge in [-0.3, -0.25) is 0 Å². The lowest BCUT2D eigenvalue weighted by Gasteiger charge is -2.23. The minimum absolute atomic E-state index is 0.560. The Balaban J connectivity index is 2.24. The lowest BCUT2D eigenvalue weighted by molar-refractivity contribution is 0.00831. The Morgan fingerprint density at radius 3 is 2.73 bits per heavy atom. The first-order valence-corrected chi connectivity index (χ1v) is 5.09. The van der Waals surface area contributed by atoms with Gasteiger partial charge in [0.05, 0.1) is 28.6 Å². The zero-order valence-electron chi connectivity index (χ0n) is 6.13. The maximum atomic E-state index is 5.09. The van der Waals surface area contributed by atoms with Crippen molar-refractivity contribution in [1.82, 2.24) is 4.98 Å². The highest BCUT2D eigenvalue weighted by Crippen LogP contribution is 2.32. The summed E-state index contributed by atoms with van der Waals surface area (Å²) in [4.78, 5) is 4.42. The lowest BCUT2D eigenvalue weighted by atomic mass is 10.1. The van der Waals surface area contributed by atoms with E-state index in [9.17, 15) is 0 Å². The minimum atomic E-state index is 0.560. The topological polar surface area (TPSA) is 22.1 Å². The van der Waals surface area contributed by atoms with Crippen LogP contribution in [-0.2, 0) is 4.74 Å². The van der Waals surface area contributed by atoms with Crippen LogP contribution in [-0.4, -0.2) is 18.2 Å². The van der Waals surface area contributed by atoms with Gasteiger partial charge in [0.25, 0.3) is 0 Å². The number of aromatic nitrogens is 1. The van der Waals surface area contributed by atoms with E-state index in [4.69, 9.17) is 4.74 Å². The van der Waals surface area contributed by atoms with Crippen LogP contribution in [0.3, 0.4) is 0 Å².